The van der Waals surface area contributed by atoms with Gasteiger partial charge in [0.25, 0.3) is 5.91 Å². The molecule has 4 aromatic carbocycles. The summed E-state index contributed by atoms with van der Waals surface area (Å²) in [6.07, 6.45) is 5.60. The molecule has 1 aromatic heterocycles. The van der Waals surface area contributed by atoms with Crippen LogP contribution in [0, 0.1) is 12.3 Å². The first-order chi connectivity index (χ1) is 14.2. The normalized spacial score (nSPS) is 11.9. The van der Waals surface area contributed by atoms with E-state index in [4.69, 9.17) is 6.42 Å². The lowest BCUT2D eigenvalue weighted by Gasteiger charge is -2.02. The summed E-state index contributed by atoms with van der Waals surface area (Å²) in [4.78, 5) is 18.0. The van der Waals surface area contributed by atoms with E-state index in [1.807, 2.05) is 65.2 Å². The Morgan fingerprint density at radius 1 is 0.931 bits per heavy atom. The predicted octanol–water partition coefficient (Wildman–Crippen LogP) is 5.38. The first-order valence-corrected chi connectivity index (χ1v) is 10.1. The van der Waals surface area contributed by atoms with Crippen molar-refractivity contribution in [2.45, 2.75) is 6.54 Å². The van der Waals surface area contributed by atoms with Crippen LogP contribution < -0.4 is 4.80 Å². The zero-order valence-corrected chi connectivity index (χ0v) is 16.3. The minimum absolute atomic E-state index is 0.266. The molecular weight excluding hydrogens is 376 g/mol. The van der Waals surface area contributed by atoms with E-state index in [1.54, 1.807) is 0 Å². The number of thiazole rings is 1. The van der Waals surface area contributed by atoms with Crippen LogP contribution in [0.25, 0.3) is 31.8 Å². The van der Waals surface area contributed by atoms with Gasteiger partial charge in [0.05, 0.1) is 16.8 Å². The molecule has 5 aromatic rings. The van der Waals surface area contributed by atoms with Crippen molar-refractivity contribution in [2.75, 3.05) is 0 Å². The van der Waals surface area contributed by atoms with E-state index in [2.05, 4.69) is 29.1 Å². The number of terminal acetylenes is 1. The van der Waals surface area contributed by atoms with Crippen molar-refractivity contribution < 1.29 is 4.79 Å². The van der Waals surface area contributed by atoms with Crippen molar-refractivity contribution in [1.29, 1.82) is 0 Å². The summed E-state index contributed by atoms with van der Waals surface area (Å²) in [7, 11) is 0. The Labute approximate surface area is 171 Å². The van der Waals surface area contributed by atoms with Crippen LogP contribution in [-0.2, 0) is 6.54 Å². The predicted molar refractivity (Wildman–Crippen MR) is 120 cm³/mol. The molecule has 1 amide bonds. The molecule has 0 aliphatic heterocycles. The Morgan fingerprint density at radius 3 is 2.48 bits per heavy atom. The lowest BCUT2D eigenvalue weighted by molar-refractivity contribution is 0.0998. The third-order valence-electron chi connectivity index (χ3n) is 5.02. The van der Waals surface area contributed by atoms with E-state index in [9.17, 15) is 4.79 Å². The molecule has 1 heterocycles. The third-order valence-corrected chi connectivity index (χ3v) is 6.14. The van der Waals surface area contributed by atoms with E-state index < -0.39 is 0 Å². The standard InChI is InChI=1S/C25H16N2OS/c1-2-15-27-22-14-13-18-8-5-6-10-21(18)23(22)29-25(27)26-24(28)20-12-11-17-7-3-4-9-19(17)16-20/h1,3-14,16H,15H2. The average Bonchev–Trinajstić information content (AvgIpc) is 3.11. The molecule has 0 aliphatic carbocycles. The third kappa shape index (κ3) is 3.02. The number of carbonyl (C=O) groups is 1. The van der Waals surface area contributed by atoms with Gasteiger partial charge < -0.3 is 4.57 Å². The molecule has 0 atom stereocenters. The molecule has 5 rings (SSSR count). The summed E-state index contributed by atoms with van der Waals surface area (Å²) >= 11 is 1.50. The number of nitrogens with zero attached hydrogens (tertiary/aromatic N) is 2. The number of carbonyl (C=O) groups excluding carboxylic acids is 1. The molecule has 4 heteroatoms. The van der Waals surface area contributed by atoms with Gasteiger partial charge in [0, 0.05) is 10.9 Å². The van der Waals surface area contributed by atoms with E-state index in [-0.39, 0.29) is 5.91 Å². The summed E-state index contributed by atoms with van der Waals surface area (Å²) in [6, 6.07) is 26.0. The molecule has 0 N–H and O–H groups in total. The Bertz CT molecular complexity index is 1520. The van der Waals surface area contributed by atoms with Crippen molar-refractivity contribution >= 4 is 49.0 Å². The van der Waals surface area contributed by atoms with Crippen LogP contribution >= 0.6 is 11.3 Å². The number of benzene rings is 4. The summed E-state index contributed by atoms with van der Waals surface area (Å²) in [5, 5.41) is 4.41. The number of hydrogen-bond donors (Lipinski definition) is 0. The Balaban J connectivity index is 1.70. The van der Waals surface area contributed by atoms with Gasteiger partial charge in [-0.05, 0) is 34.4 Å². The second-order valence-corrected chi connectivity index (χ2v) is 7.77. The zero-order valence-electron chi connectivity index (χ0n) is 15.5. The van der Waals surface area contributed by atoms with Crippen molar-refractivity contribution in [2.24, 2.45) is 4.99 Å². The van der Waals surface area contributed by atoms with Crippen molar-refractivity contribution in [3.05, 3.63) is 89.2 Å². The summed E-state index contributed by atoms with van der Waals surface area (Å²) < 4.78 is 3.02. The number of hydrogen-bond acceptors (Lipinski definition) is 2. The lowest BCUT2D eigenvalue weighted by Crippen LogP contribution is -2.16. The smallest absolute Gasteiger partial charge is 0.279 e. The lowest BCUT2D eigenvalue weighted by atomic mass is 10.1. The second-order valence-electron chi connectivity index (χ2n) is 6.79. The first-order valence-electron chi connectivity index (χ1n) is 9.27. The molecule has 3 nitrogen and oxygen atoms in total. The Kier molecular flexibility index (Phi) is 4.23. The van der Waals surface area contributed by atoms with Gasteiger partial charge in [-0.2, -0.15) is 4.99 Å². The van der Waals surface area contributed by atoms with E-state index in [1.165, 1.54) is 11.3 Å². The maximum absolute atomic E-state index is 12.9. The Hall–Kier alpha value is -3.68. The van der Waals surface area contributed by atoms with Crippen LogP contribution in [0.2, 0.25) is 0 Å². The number of amides is 1. The molecular formula is C25H16N2OS. The molecule has 0 saturated carbocycles. The van der Waals surface area contributed by atoms with E-state index in [0.29, 0.717) is 16.9 Å². The highest BCUT2D eigenvalue weighted by Crippen LogP contribution is 2.27. The van der Waals surface area contributed by atoms with Crippen LogP contribution in [0.4, 0.5) is 0 Å². The fraction of sp³-hybridized carbons (Fsp3) is 0.0400. The van der Waals surface area contributed by atoms with E-state index >= 15 is 0 Å². The quantitative estimate of drug-likeness (QED) is 0.371. The van der Waals surface area contributed by atoms with Crippen molar-refractivity contribution in [3.8, 4) is 12.3 Å². The molecule has 0 saturated heterocycles. The summed E-state index contributed by atoms with van der Waals surface area (Å²) in [5.74, 6) is 2.42. The maximum atomic E-state index is 12.9. The second kappa shape index (κ2) is 7.05. The van der Waals surface area contributed by atoms with Crippen LogP contribution in [0.15, 0.2) is 83.9 Å². The molecule has 0 aliphatic rings. The summed E-state index contributed by atoms with van der Waals surface area (Å²) in [6.45, 7) is 0.363. The minimum Gasteiger partial charge on any atom is -0.305 e. The molecule has 29 heavy (non-hydrogen) atoms. The highest BCUT2D eigenvalue weighted by molar-refractivity contribution is 7.17. The van der Waals surface area contributed by atoms with Crippen LogP contribution in [0.1, 0.15) is 10.4 Å². The van der Waals surface area contributed by atoms with Gasteiger partial charge in [-0.3, -0.25) is 4.79 Å². The minimum atomic E-state index is -0.266. The molecule has 138 valence electrons. The highest BCUT2D eigenvalue weighted by atomic mass is 32.1. The summed E-state index contributed by atoms with van der Waals surface area (Å²) in [5.41, 5.74) is 1.56. The van der Waals surface area contributed by atoms with Gasteiger partial charge in [0.1, 0.15) is 0 Å². The zero-order chi connectivity index (χ0) is 19.8. The van der Waals surface area contributed by atoms with Crippen molar-refractivity contribution in [3.63, 3.8) is 0 Å². The fourth-order valence-electron chi connectivity index (χ4n) is 3.60. The van der Waals surface area contributed by atoms with Crippen molar-refractivity contribution in [1.82, 2.24) is 4.57 Å². The highest BCUT2D eigenvalue weighted by Gasteiger charge is 2.11. The SMILES string of the molecule is C#CCn1c(=NC(=O)c2ccc3ccccc3c2)sc2c3ccccc3ccc21. The first kappa shape index (κ1) is 17.4. The van der Waals surface area contributed by atoms with Gasteiger partial charge in [-0.25, -0.2) is 0 Å². The van der Waals surface area contributed by atoms with Gasteiger partial charge in [0.2, 0.25) is 0 Å². The fourth-order valence-corrected chi connectivity index (χ4v) is 4.76. The monoisotopic (exact) mass is 392 g/mol. The topological polar surface area (TPSA) is 34.4 Å². The average molecular weight is 392 g/mol. The van der Waals surface area contributed by atoms with Gasteiger partial charge in [-0.1, -0.05) is 77.9 Å². The number of aromatic nitrogens is 1. The van der Waals surface area contributed by atoms with Gasteiger partial charge in [-0.15, -0.1) is 6.42 Å². The van der Waals surface area contributed by atoms with E-state index in [0.717, 1.165) is 31.8 Å². The Morgan fingerprint density at radius 2 is 1.66 bits per heavy atom. The van der Waals surface area contributed by atoms with Crippen LogP contribution in [0.3, 0.4) is 0 Å². The van der Waals surface area contributed by atoms with Crippen LogP contribution in [-0.4, -0.2) is 10.5 Å². The maximum Gasteiger partial charge on any atom is 0.279 e. The van der Waals surface area contributed by atoms with Gasteiger partial charge in [0.15, 0.2) is 4.80 Å². The van der Waals surface area contributed by atoms with Crippen LogP contribution in [0.5, 0.6) is 0 Å². The molecule has 0 radical (unpaired) electrons. The molecule has 0 fully saturated rings. The molecule has 0 spiro atoms. The molecule has 0 unspecified atom stereocenters. The largest absolute Gasteiger partial charge is 0.305 e. The van der Waals surface area contributed by atoms with Gasteiger partial charge >= 0.3 is 0 Å². The molecule has 0 bridgehead atoms. The number of fused-ring (bicyclic) bond motifs is 4. The number of rotatable bonds is 2.